The molecule has 1 unspecified atom stereocenters. The van der Waals surface area contributed by atoms with Crippen LogP contribution in [0.5, 0.6) is 0 Å². The lowest BCUT2D eigenvalue weighted by atomic mass is 10.0. The topological polar surface area (TPSA) is 88.1 Å². The van der Waals surface area contributed by atoms with Crippen molar-refractivity contribution in [1.82, 2.24) is 15.0 Å². The predicted molar refractivity (Wildman–Crippen MR) is 158 cm³/mol. The highest BCUT2D eigenvalue weighted by Gasteiger charge is 2.47. The number of nitrogens with one attached hydrogen (secondary N) is 1. The summed E-state index contributed by atoms with van der Waals surface area (Å²) in [6.45, 7) is 1.26. The summed E-state index contributed by atoms with van der Waals surface area (Å²) in [5, 5.41) is 2.43. The second kappa shape index (κ2) is 11.2. The van der Waals surface area contributed by atoms with Crippen LogP contribution in [0.3, 0.4) is 0 Å². The third-order valence-corrected chi connectivity index (χ3v) is 9.92. The summed E-state index contributed by atoms with van der Waals surface area (Å²) in [6.07, 6.45) is 6.21. The number of carbonyl (C=O) groups is 2. The molecule has 0 bridgehead atoms. The van der Waals surface area contributed by atoms with Gasteiger partial charge in [0, 0.05) is 53.1 Å². The standard InChI is InChI=1S/C30H25F2N5O2S2/c1-18-4-5-19(13-21(18)14-27-34-11-8-24(36-27)20-3-2-10-33-16-20)28(38)35-22-6-7-25-23(15-22)30(31,32)17-37(25)29(39)26-9-12-40-41-26/h2-8,10-11,13,15-16,26H,9,12,14,17H2,1H3,(H,35,38). The Bertz CT molecular complexity index is 1630. The zero-order chi connectivity index (χ0) is 28.6. The van der Waals surface area contributed by atoms with Gasteiger partial charge >= 0.3 is 0 Å². The fourth-order valence-corrected chi connectivity index (χ4v) is 7.69. The van der Waals surface area contributed by atoms with Crippen molar-refractivity contribution >= 4 is 44.8 Å². The molecule has 2 aliphatic rings. The van der Waals surface area contributed by atoms with Crippen LogP contribution in [0.25, 0.3) is 11.3 Å². The van der Waals surface area contributed by atoms with E-state index in [9.17, 15) is 18.4 Å². The van der Waals surface area contributed by atoms with Gasteiger partial charge in [-0.15, -0.1) is 0 Å². The first-order chi connectivity index (χ1) is 19.8. The average Bonchev–Trinajstić information content (AvgIpc) is 3.61. The van der Waals surface area contributed by atoms with Crippen LogP contribution >= 0.6 is 21.6 Å². The summed E-state index contributed by atoms with van der Waals surface area (Å²) in [4.78, 5) is 40.5. The van der Waals surface area contributed by atoms with Gasteiger partial charge in [0.2, 0.25) is 5.91 Å². The highest BCUT2D eigenvalue weighted by molar-refractivity contribution is 8.77. The third-order valence-electron chi connectivity index (χ3n) is 7.11. The summed E-state index contributed by atoms with van der Waals surface area (Å²) in [5.74, 6) is -2.50. The maximum atomic E-state index is 15.0. The molecular weight excluding hydrogens is 564 g/mol. The zero-order valence-electron chi connectivity index (χ0n) is 22.0. The Labute approximate surface area is 243 Å². The minimum Gasteiger partial charge on any atom is -0.322 e. The van der Waals surface area contributed by atoms with Gasteiger partial charge < -0.3 is 10.2 Å². The molecule has 1 fully saturated rings. The van der Waals surface area contributed by atoms with Crippen LogP contribution < -0.4 is 10.2 Å². The SMILES string of the molecule is Cc1ccc(C(=O)Nc2ccc3c(c2)C(F)(F)CN3C(=O)C2CCSS2)cc1Cc1nccc(-c2cccnc2)n1. The van der Waals surface area contributed by atoms with Crippen LogP contribution in [0.15, 0.2) is 73.2 Å². The number of anilines is 2. The molecule has 0 aliphatic carbocycles. The molecule has 4 heterocycles. The van der Waals surface area contributed by atoms with Crippen molar-refractivity contribution in [3.63, 3.8) is 0 Å². The Morgan fingerprint density at radius 2 is 2.00 bits per heavy atom. The average molecular weight is 590 g/mol. The Balaban J connectivity index is 1.20. The number of fused-ring (bicyclic) bond motifs is 1. The number of pyridine rings is 1. The van der Waals surface area contributed by atoms with Crippen LogP contribution in [0.1, 0.15) is 39.3 Å². The Morgan fingerprint density at radius 3 is 2.78 bits per heavy atom. The molecule has 0 saturated carbocycles. The highest BCUT2D eigenvalue weighted by atomic mass is 33.1. The molecule has 2 aromatic carbocycles. The number of hydrogen-bond donors (Lipinski definition) is 1. The van der Waals surface area contributed by atoms with E-state index in [0.29, 0.717) is 24.2 Å². The van der Waals surface area contributed by atoms with Crippen LogP contribution in [-0.2, 0) is 17.1 Å². The maximum absolute atomic E-state index is 15.0. The van der Waals surface area contributed by atoms with Gasteiger partial charge in [0.1, 0.15) is 5.82 Å². The second-order valence-corrected chi connectivity index (χ2v) is 12.6. The number of aromatic nitrogens is 3. The number of aryl methyl sites for hydroxylation is 1. The van der Waals surface area contributed by atoms with Crippen molar-refractivity contribution in [3.8, 4) is 11.3 Å². The third kappa shape index (κ3) is 5.69. The molecule has 6 rings (SSSR count). The molecule has 1 saturated heterocycles. The number of hydrogen-bond acceptors (Lipinski definition) is 7. The lowest BCUT2D eigenvalue weighted by Gasteiger charge is -2.20. The van der Waals surface area contributed by atoms with E-state index in [0.717, 1.165) is 28.1 Å². The van der Waals surface area contributed by atoms with E-state index in [2.05, 4.69) is 20.3 Å². The van der Waals surface area contributed by atoms with Crippen LogP contribution in [0, 0.1) is 6.92 Å². The van der Waals surface area contributed by atoms with Crippen molar-refractivity contribution in [2.24, 2.45) is 0 Å². The number of alkyl halides is 2. The van der Waals surface area contributed by atoms with Crippen molar-refractivity contribution in [3.05, 3.63) is 101 Å². The van der Waals surface area contributed by atoms with Crippen molar-refractivity contribution in [2.45, 2.75) is 30.9 Å². The molecule has 1 atom stereocenters. The largest absolute Gasteiger partial charge is 0.322 e. The van der Waals surface area contributed by atoms with Crippen LogP contribution in [-0.4, -0.2) is 44.3 Å². The number of amides is 2. The minimum absolute atomic E-state index is 0.196. The molecule has 7 nitrogen and oxygen atoms in total. The van der Waals surface area contributed by atoms with Crippen LogP contribution in [0.4, 0.5) is 20.2 Å². The summed E-state index contributed by atoms with van der Waals surface area (Å²) >= 11 is 0. The summed E-state index contributed by atoms with van der Waals surface area (Å²) in [6, 6.07) is 15.2. The highest BCUT2D eigenvalue weighted by Crippen LogP contribution is 2.47. The fourth-order valence-electron chi connectivity index (χ4n) is 4.92. The minimum atomic E-state index is -3.20. The number of carbonyl (C=O) groups excluding carboxylic acids is 2. The number of rotatable bonds is 6. The molecule has 0 spiro atoms. The number of halogens is 2. The van der Waals surface area contributed by atoms with Gasteiger partial charge in [-0.2, -0.15) is 8.78 Å². The molecule has 2 aliphatic heterocycles. The van der Waals surface area contributed by atoms with Crippen molar-refractivity contribution in [2.75, 3.05) is 22.5 Å². The molecule has 0 radical (unpaired) electrons. The lowest BCUT2D eigenvalue weighted by Crippen LogP contribution is -2.38. The van der Waals surface area contributed by atoms with E-state index in [4.69, 9.17) is 0 Å². The first-order valence-corrected chi connectivity index (χ1v) is 15.4. The number of nitrogens with zero attached hydrogens (tertiary/aromatic N) is 4. The zero-order valence-corrected chi connectivity index (χ0v) is 23.6. The molecular formula is C30H25F2N5O2S2. The molecule has 208 valence electrons. The molecule has 1 N–H and O–H groups in total. The van der Waals surface area contributed by atoms with Gasteiger partial charge in [0.15, 0.2) is 0 Å². The molecule has 2 amide bonds. The maximum Gasteiger partial charge on any atom is 0.292 e. The Kier molecular flexibility index (Phi) is 7.48. The Hall–Kier alpha value is -3.83. The smallest absolute Gasteiger partial charge is 0.292 e. The van der Waals surface area contributed by atoms with E-state index in [-0.39, 0.29) is 28.1 Å². The quantitative estimate of drug-likeness (QED) is 0.265. The van der Waals surface area contributed by atoms with Crippen molar-refractivity contribution in [1.29, 1.82) is 0 Å². The first-order valence-electron chi connectivity index (χ1n) is 13.0. The second-order valence-electron chi connectivity index (χ2n) is 9.93. The van der Waals surface area contributed by atoms with Crippen molar-refractivity contribution < 1.29 is 18.4 Å². The van der Waals surface area contributed by atoms with E-state index in [1.807, 2.05) is 31.2 Å². The lowest BCUT2D eigenvalue weighted by molar-refractivity contribution is -0.119. The molecule has 41 heavy (non-hydrogen) atoms. The van der Waals surface area contributed by atoms with Gasteiger partial charge in [-0.05, 0) is 73.0 Å². The summed E-state index contributed by atoms with van der Waals surface area (Å²) < 4.78 is 30.0. The van der Waals surface area contributed by atoms with Gasteiger partial charge in [0.25, 0.3) is 11.8 Å². The van der Waals surface area contributed by atoms with E-state index >= 15 is 0 Å². The van der Waals surface area contributed by atoms with Gasteiger partial charge in [-0.1, -0.05) is 27.7 Å². The predicted octanol–water partition coefficient (Wildman–Crippen LogP) is 6.28. The number of benzene rings is 2. The van der Waals surface area contributed by atoms with Crippen LogP contribution in [0.2, 0.25) is 0 Å². The summed E-state index contributed by atoms with van der Waals surface area (Å²) in [7, 11) is 3.02. The van der Waals surface area contributed by atoms with Gasteiger partial charge in [-0.25, -0.2) is 9.97 Å². The van der Waals surface area contributed by atoms with E-state index in [1.54, 1.807) is 47.6 Å². The Morgan fingerprint density at radius 1 is 1.12 bits per heavy atom. The fraction of sp³-hybridized carbons (Fsp3) is 0.233. The van der Waals surface area contributed by atoms with Gasteiger partial charge in [0.05, 0.1) is 23.2 Å². The van der Waals surface area contributed by atoms with E-state index in [1.165, 1.54) is 27.8 Å². The normalized spacial score (nSPS) is 17.3. The van der Waals surface area contributed by atoms with E-state index < -0.39 is 18.4 Å². The first kappa shape index (κ1) is 27.3. The molecule has 4 aromatic rings. The summed E-state index contributed by atoms with van der Waals surface area (Å²) in [5.41, 5.74) is 4.04. The molecule has 11 heteroatoms. The van der Waals surface area contributed by atoms with Gasteiger partial charge in [-0.3, -0.25) is 14.6 Å². The molecule has 2 aromatic heterocycles. The monoisotopic (exact) mass is 589 g/mol.